The lowest BCUT2D eigenvalue weighted by Crippen LogP contribution is -2.46. The van der Waals surface area contributed by atoms with Crippen LogP contribution in [-0.4, -0.2) is 73.7 Å². The number of methoxy groups -OCH3 is 2. The SMILES string of the molecule is COC1(C(N)=O)C=CC=C(CNNC(=O)O)C1.COc1cccc(CN(N)C(N)=O)c1.CS(=O)(=O)O. The van der Waals surface area contributed by atoms with E-state index in [1.54, 1.807) is 31.4 Å². The largest absolute Gasteiger partial charge is 0.497 e. The normalized spacial score (nSPS) is 16.2. The maximum atomic E-state index is 11.3. The Morgan fingerprint density at radius 3 is 2.31 bits per heavy atom. The molecule has 1 aliphatic rings. The van der Waals surface area contributed by atoms with Crippen LogP contribution in [0.2, 0.25) is 0 Å². The number of benzene rings is 1. The Balaban J connectivity index is 0.000000581. The lowest BCUT2D eigenvalue weighted by molar-refractivity contribution is -0.134. The third-order valence-electron chi connectivity index (χ3n) is 4.25. The van der Waals surface area contributed by atoms with Crippen molar-refractivity contribution in [2.75, 3.05) is 27.0 Å². The zero-order valence-corrected chi connectivity index (χ0v) is 20.8. The Labute approximate surface area is 208 Å². The van der Waals surface area contributed by atoms with E-state index in [1.165, 1.54) is 7.11 Å². The second-order valence-electron chi connectivity index (χ2n) is 7.15. The van der Waals surface area contributed by atoms with Crippen LogP contribution in [0.15, 0.2) is 48.1 Å². The lowest BCUT2D eigenvalue weighted by Gasteiger charge is -2.29. The third-order valence-corrected chi connectivity index (χ3v) is 4.25. The first-order chi connectivity index (χ1) is 16.6. The molecule has 0 bridgehead atoms. The van der Waals surface area contributed by atoms with Gasteiger partial charge in [0.1, 0.15) is 5.75 Å². The Morgan fingerprint density at radius 2 is 1.83 bits per heavy atom. The summed E-state index contributed by atoms with van der Waals surface area (Å²) in [7, 11) is -0.686. The first-order valence-electron chi connectivity index (χ1n) is 9.94. The van der Waals surface area contributed by atoms with Crippen molar-refractivity contribution < 1.29 is 41.9 Å². The summed E-state index contributed by atoms with van der Waals surface area (Å²) in [6.07, 6.45) is 4.86. The molecule has 15 nitrogen and oxygen atoms in total. The van der Waals surface area contributed by atoms with Crippen molar-refractivity contribution in [2.45, 2.75) is 18.6 Å². The molecule has 0 fully saturated rings. The van der Waals surface area contributed by atoms with Crippen LogP contribution >= 0.6 is 0 Å². The summed E-state index contributed by atoms with van der Waals surface area (Å²) in [5.74, 6) is 5.50. The highest BCUT2D eigenvalue weighted by molar-refractivity contribution is 7.85. The van der Waals surface area contributed by atoms with Crippen molar-refractivity contribution in [1.29, 1.82) is 0 Å². The minimum absolute atomic E-state index is 0.270. The Hall–Kier alpha value is -3.70. The van der Waals surface area contributed by atoms with E-state index in [2.05, 4.69) is 5.43 Å². The minimum Gasteiger partial charge on any atom is -0.497 e. The number of carbonyl (C=O) groups excluding carboxylic acids is 2. The van der Waals surface area contributed by atoms with E-state index in [1.807, 2.05) is 23.6 Å². The molecule has 0 heterocycles. The van der Waals surface area contributed by atoms with Crippen molar-refractivity contribution in [3.63, 3.8) is 0 Å². The van der Waals surface area contributed by atoms with Gasteiger partial charge in [-0.3, -0.25) is 19.8 Å². The van der Waals surface area contributed by atoms with Gasteiger partial charge in [-0.05, 0) is 23.8 Å². The summed E-state index contributed by atoms with van der Waals surface area (Å²) >= 11 is 0. The number of nitrogens with zero attached hydrogens (tertiary/aromatic N) is 1. The lowest BCUT2D eigenvalue weighted by atomic mass is 9.89. The molecule has 2 rings (SSSR count). The first kappa shape index (κ1) is 32.3. The van der Waals surface area contributed by atoms with Crippen LogP contribution in [0.4, 0.5) is 9.59 Å². The first-order valence-corrected chi connectivity index (χ1v) is 11.8. The number of hydrogen-bond donors (Lipinski definition) is 7. The fraction of sp³-hybridized carbons (Fsp3) is 0.350. The highest BCUT2D eigenvalue weighted by Crippen LogP contribution is 2.25. The maximum Gasteiger partial charge on any atom is 0.419 e. The summed E-state index contributed by atoms with van der Waals surface area (Å²) in [6, 6.07) is 6.61. The number of ether oxygens (including phenoxy) is 2. The number of hydrazine groups is 2. The number of primary amides is 2. The number of rotatable bonds is 8. The molecule has 1 aromatic rings. The smallest absolute Gasteiger partial charge is 0.419 e. The number of urea groups is 1. The molecule has 10 N–H and O–H groups in total. The fourth-order valence-corrected chi connectivity index (χ4v) is 2.61. The van der Waals surface area contributed by atoms with Crippen LogP contribution in [0.25, 0.3) is 0 Å². The predicted molar refractivity (Wildman–Crippen MR) is 130 cm³/mol. The highest BCUT2D eigenvalue weighted by atomic mass is 32.2. The quantitative estimate of drug-likeness (QED) is 0.0969. The molecule has 0 aliphatic heterocycles. The van der Waals surface area contributed by atoms with Crippen molar-refractivity contribution in [3.05, 3.63) is 53.6 Å². The molecule has 36 heavy (non-hydrogen) atoms. The molecule has 0 radical (unpaired) electrons. The van der Waals surface area contributed by atoms with Crippen LogP contribution in [0.1, 0.15) is 12.0 Å². The second kappa shape index (κ2) is 15.3. The molecule has 202 valence electrons. The molecule has 1 aromatic carbocycles. The number of nitrogens with two attached hydrogens (primary N) is 3. The van der Waals surface area contributed by atoms with E-state index in [0.717, 1.165) is 21.9 Å². The van der Waals surface area contributed by atoms with Crippen molar-refractivity contribution in [3.8, 4) is 5.75 Å². The molecule has 16 heteroatoms. The zero-order valence-electron chi connectivity index (χ0n) is 20.0. The number of hydrogen-bond acceptors (Lipinski definition) is 9. The van der Waals surface area contributed by atoms with Gasteiger partial charge in [0, 0.05) is 20.1 Å². The van der Waals surface area contributed by atoms with Gasteiger partial charge in [0.05, 0.1) is 19.9 Å². The van der Waals surface area contributed by atoms with Gasteiger partial charge in [-0.25, -0.2) is 20.9 Å². The number of amides is 4. The van der Waals surface area contributed by atoms with E-state index < -0.39 is 33.8 Å². The van der Waals surface area contributed by atoms with Crippen LogP contribution in [0.5, 0.6) is 5.75 Å². The molecule has 0 saturated carbocycles. The predicted octanol–water partition coefficient (Wildman–Crippen LogP) is -0.531. The number of carboxylic acid groups (broad SMARTS) is 1. The van der Waals surface area contributed by atoms with Crippen LogP contribution in [-0.2, 0) is 26.2 Å². The van der Waals surface area contributed by atoms with Crippen LogP contribution in [0.3, 0.4) is 0 Å². The van der Waals surface area contributed by atoms with Gasteiger partial charge in [-0.15, -0.1) is 0 Å². The molecule has 0 spiro atoms. The Kier molecular flexibility index (Phi) is 13.8. The van der Waals surface area contributed by atoms with E-state index >= 15 is 0 Å². The number of allylic oxidation sites excluding steroid dienone is 2. The van der Waals surface area contributed by atoms with E-state index in [9.17, 15) is 22.8 Å². The number of nitrogens with one attached hydrogen (secondary N) is 2. The molecule has 1 aliphatic carbocycles. The summed E-state index contributed by atoms with van der Waals surface area (Å²) in [4.78, 5) is 32.2. The molecular formula is C20H32N6O9S. The second-order valence-corrected chi connectivity index (χ2v) is 8.62. The van der Waals surface area contributed by atoms with Crippen molar-refractivity contribution in [2.24, 2.45) is 17.3 Å². The van der Waals surface area contributed by atoms with Gasteiger partial charge in [0.2, 0.25) is 0 Å². The fourth-order valence-electron chi connectivity index (χ4n) is 2.61. The summed E-state index contributed by atoms with van der Waals surface area (Å²) in [5.41, 5.74) is 15.3. The highest BCUT2D eigenvalue weighted by Gasteiger charge is 2.35. The summed E-state index contributed by atoms with van der Waals surface area (Å²) in [6.45, 7) is 0.543. The third kappa shape index (κ3) is 13.9. The standard InChI is InChI=1S/C10H15N3O4.C9H13N3O2.CH4O3S/c1-17-10(8(11)14)4-2-3-7(5-10)6-12-13-9(15)16;1-14-8-4-2-3-7(5-8)6-12(11)9(10)13;1-5(2,3)4/h2-4,12-13H,5-6H2,1H3,(H2,11,14)(H,15,16);2-5H,6,11H2,1H3,(H2,10,13);1H3,(H,2,3,4). The minimum atomic E-state index is -3.67. The molecule has 1 atom stereocenters. The average molecular weight is 533 g/mol. The molecule has 1 unspecified atom stereocenters. The van der Waals surface area contributed by atoms with E-state index in [4.69, 9.17) is 36.4 Å². The van der Waals surface area contributed by atoms with Crippen molar-refractivity contribution >= 4 is 28.1 Å². The van der Waals surface area contributed by atoms with Crippen LogP contribution in [0, 0.1) is 0 Å². The Bertz CT molecular complexity index is 1050. The summed E-state index contributed by atoms with van der Waals surface area (Å²) in [5, 5.41) is 9.31. The van der Waals surface area contributed by atoms with Gasteiger partial charge in [0.15, 0.2) is 5.60 Å². The summed E-state index contributed by atoms with van der Waals surface area (Å²) < 4.78 is 36.0. The number of carbonyl (C=O) groups is 3. The van der Waals surface area contributed by atoms with Gasteiger partial charge in [0.25, 0.3) is 16.0 Å². The monoisotopic (exact) mass is 532 g/mol. The molecule has 4 amide bonds. The molecular weight excluding hydrogens is 500 g/mol. The molecule has 0 saturated heterocycles. The van der Waals surface area contributed by atoms with Gasteiger partial charge in [-0.2, -0.15) is 8.42 Å². The molecule has 0 aromatic heterocycles. The van der Waals surface area contributed by atoms with E-state index in [0.29, 0.717) is 12.7 Å². The van der Waals surface area contributed by atoms with Gasteiger partial charge < -0.3 is 26.0 Å². The maximum absolute atomic E-state index is 11.3. The zero-order chi connectivity index (χ0) is 27.9. The van der Waals surface area contributed by atoms with Crippen LogP contribution < -0.4 is 32.9 Å². The average Bonchev–Trinajstić information content (AvgIpc) is 2.78. The Morgan fingerprint density at radius 1 is 1.22 bits per heavy atom. The van der Waals surface area contributed by atoms with E-state index in [-0.39, 0.29) is 13.1 Å². The van der Waals surface area contributed by atoms with Gasteiger partial charge >= 0.3 is 12.1 Å². The topological polar surface area (TPSA) is 250 Å². The van der Waals surface area contributed by atoms with Gasteiger partial charge in [-0.1, -0.05) is 29.9 Å². The van der Waals surface area contributed by atoms with Crippen molar-refractivity contribution in [1.82, 2.24) is 15.9 Å².